The molecule has 0 fully saturated rings. The van der Waals surface area contributed by atoms with E-state index in [1.807, 2.05) is 48.2 Å². The van der Waals surface area contributed by atoms with Crippen molar-refractivity contribution in [3.63, 3.8) is 0 Å². The quantitative estimate of drug-likeness (QED) is 0.916. The van der Waals surface area contributed by atoms with Gasteiger partial charge in [-0.2, -0.15) is 0 Å². The van der Waals surface area contributed by atoms with Crippen molar-refractivity contribution in [2.24, 2.45) is 0 Å². The van der Waals surface area contributed by atoms with Gasteiger partial charge in [0.2, 0.25) is 5.91 Å². The summed E-state index contributed by atoms with van der Waals surface area (Å²) in [4.78, 5) is 14.0. The highest BCUT2D eigenvalue weighted by atomic mass is 16.3. The summed E-state index contributed by atoms with van der Waals surface area (Å²) in [6.45, 7) is 3.39. The summed E-state index contributed by atoms with van der Waals surface area (Å²) in [6.07, 6.45) is 1.59. The fraction of sp³-hybridized carbons (Fsp3) is 0.350. The Morgan fingerprint density at radius 3 is 2.61 bits per heavy atom. The predicted octanol–water partition coefficient (Wildman–Crippen LogP) is 3.61. The van der Waals surface area contributed by atoms with Crippen molar-refractivity contribution in [2.45, 2.75) is 45.4 Å². The van der Waals surface area contributed by atoms with Crippen LogP contribution in [-0.4, -0.2) is 15.9 Å². The molecule has 1 heterocycles. The Morgan fingerprint density at radius 1 is 1.13 bits per heavy atom. The lowest BCUT2D eigenvalue weighted by molar-refractivity contribution is -0.131. The number of rotatable bonds is 5. The Kier molecular flexibility index (Phi) is 4.77. The second-order valence-electron chi connectivity index (χ2n) is 6.23. The van der Waals surface area contributed by atoms with Gasteiger partial charge in [0.15, 0.2) is 0 Å². The molecule has 1 amide bonds. The number of carbonyl (C=O) groups excluding carboxylic acids is 1. The molecule has 1 N–H and O–H groups in total. The zero-order valence-corrected chi connectivity index (χ0v) is 13.5. The minimum atomic E-state index is -0.511. The van der Waals surface area contributed by atoms with E-state index in [4.69, 9.17) is 0 Å². The molecule has 3 heteroatoms. The molecule has 3 rings (SSSR count). The van der Waals surface area contributed by atoms with E-state index in [0.29, 0.717) is 25.9 Å². The van der Waals surface area contributed by atoms with E-state index in [0.717, 1.165) is 17.5 Å². The van der Waals surface area contributed by atoms with Crippen molar-refractivity contribution in [2.75, 3.05) is 0 Å². The van der Waals surface area contributed by atoms with E-state index in [9.17, 15) is 9.90 Å². The fourth-order valence-corrected chi connectivity index (χ4v) is 3.13. The standard InChI is InChI=1S/C20H23NO2/c1-2-6-20(23)21-13-17-10-9-16(12-18(17)14-21)19(22)11-15-7-4-3-5-8-15/h3-5,7-10,12,19,22H,2,6,11,13-14H2,1H3. The third-order valence-electron chi connectivity index (χ3n) is 4.43. The van der Waals surface area contributed by atoms with Gasteiger partial charge in [-0.1, -0.05) is 55.5 Å². The van der Waals surface area contributed by atoms with E-state index in [-0.39, 0.29) is 5.91 Å². The van der Waals surface area contributed by atoms with Crippen LogP contribution in [0, 0.1) is 0 Å². The molecular formula is C20H23NO2. The van der Waals surface area contributed by atoms with Gasteiger partial charge in [0.25, 0.3) is 0 Å². The molecule has 1 aliphatic heterocycles. The topological polar surface area (TPSA) is 40.5 Å². The summed E-state index contributed by atoms with van der Waals surface area (Å²) in [5.74, 6) is 0.218. The summed E-state index contributed by atoms with van der Waals surface area (Å²) < 4.78 is 0. The normalized spacial score (nSPS) is 14.6. The molecule has 1 aliphatic rings. The van der Waals surface area contributed by atoms with Gasteiger partial charge in [0.1, 0.15) is 0 Å². The molecule has 0 aromatic heterocycles. The molecule has 2 aromatic rings. The highest BCUT2D eigenvalue weighted by Gasteiger charge is 2.23. The summed E-state index contributed by atoms with van der Waals surface area (Å²) in [5.41, 5.74) is 4.42. The first-order valence-corrected chi connectivity index (χ1v) is 8.29. The van der Waals surface area contributed by atoms with Crippen LogP contribution in [0.4, 0.5) is 0 Å². The van der Waals surface area contributed by atoms with E-state index in [1.54, 1.807) is 0 Å². The summed E-state index contributed by atoms with van der Waals surface area (Å²) in [5, 5.41) is 10.5. The number of nitrogens with zero attached hydrogens (tertiary/aromatic N) is 1. The van der Waals surface area contributed by atoms with Gasteiger partial charge in [-0.25, -0.2) is 0 Å². The number of aliphatic hydroxyl groups is 1. The molecule has 0 aliphatic carbocycles. The number of hydrogen-bond donors (Lipinski definition) is 1. The van der Waals surface area contributed by atoms with E-state index in [1.165, 1.54) is 11.1 Å². The largest absolute Gasteiger partial charge is 0.388 e. The molecule has 0 radical (unpaired) electrons. The van der Waals surface area contributed by atoms with Gasteiger partial charge in [0, 0.05) is 25.9 Å². The third kappa shape index (κ3) is 3.62. The van der Waals surface area contributed by atoms with Crippen molar-refractivity contribution < 1.29 is 9.90 Å². The minimum absolute atomic E-state index is 0.218. The maximum atomic E-state index is 12.1. The van der Waals surface area contributed by atoms with Gasteiger partial charge in [-0.15, -0.1) is 0 Å². The monoisotopic (exact) mass is 309 g/mol. The van der Waals surface area contributed by atoms with Gasteiger partial charge in [-0.05, 0) is 28.7 Å². The van der Waals surface area contributed by atoms with Crippen LogP contribution < -0.4 is 0 Å². The molecule has 1 unspecified atom stereocenters. The lowest BCUT2D eigenvalue weighted by Crippen LogP contribution is -2.24. The minimum Gasteiger partial charge on any atom is -0.388 e. The van der Waals surface area contributed by atoms with Crippen LogP contribution in [0.2, 0.25) is 0 Å². The van der Waals surface area contributed by atoms with Crippen molar-refractivity contribution >= 4 is 5.91 Å². The van der Waals surface area contributed by atoms with Crippen molar-refractivity contribution in [1.82, 2.24) is 4.90 Å². The summed E-state index contributed by atoms with van der Waals surface area (Å²) in [7, 11) is 0. The molecule has 3 nitrogen and oxygen atoms in total. The highest BCUT2D eigenvalue weighted by molar-refractivity contribution is 5.76. The Hall–Kier alpha value is -2.13. The molecular weight excluding hydrogens is 286 g/mol. The first-order valence-electron chi connectivity index (χ1n) is 8.29. The Morgan fingerprint density at radius 2 is 1.87 bits per heavy atom. The Balaban J connectivity index is 1.70. The van der Waals surface area contributed by atoms with E-state index < -0.39 is 6.10 Å². The summed E-state index contributed by atoms with van der Waals surface area (Å²) in [6, 6.07) is 16.1. The average Bonchev–Trinajstić information content (AvgIpc) is 2.99. The molecule has 2 aromatic carbocycles. The summed E-state index contributed by atoms with van der Waals surface area (Å²) >= 11 is 0. The molecule has 0 bridgehead atoms. The maximum Gasteiger partial charge on any atom is 0.223 e. The predicted molar refractivity (Wildman–Crippen MR) is 90.7 cm³/mol. The lowest BCUT2D eigenvalue weighted by atomic mass is 9.98. The fourth-order valence-electron chi connectivity index (χ4n) is 3.13. The number of aliphatic hydroxyl groups excluding tert-OH is 1. The van der Waals surface area contributed by atoms with Crippen molar-refractivity contribution in [3.8, 4) is 0 Å². The van der Waals surface area contributed by atoms with Crippen molar-refractivity contribution in [3.05, 3.63) is 70.8 Å². The highest BCUT2D eigenvalue weighted by Crippen LogP contribution is 2.28. The number of amides is 1. The van der Waals surface area contributed by atoms with E-state index in [2.05, 4.69) is 12.1 Å². The SMILES string of the molecule is CCCC(=O)N1Cc2ccc(C(O)Cc3ccccc3)cc2C1. The zero-order valence-electron chi connectivity index (χ0n) is 13.5. The van der Waals surface area contributed by atoms with Crippen LogP contribution in [0.1, 0.15) is 48.1 Å². The Labute approximate surface area is 137 Å². The van der Waals surface area contributed by atoms with Gasteiger partial charge < -0.3 is 10.0 Å². The van der Waals surface area contributed by atoms with Crippen LogP contribution in [0.15, 0.2) is 48.5 Å². The zero-order chi connectivity index (χ0) is 16.2. The third-order valence-corrected chi connectivity index (χ3v) is 4.43. The van der Waals surface area contributed by atoms with Crippen LogP contribution in [0.25, 0.3) is 0 Å². The molecule has 0 spiro atoms. The van der Waals surface area contributed by atoms with Crippen molar-refractivity contribution in [1.29, 1.82) is 0 Å². The number of hydrogen-bond acceptors (Lipinski definition) is 2. The second-order valence-corrected chi connectivity index (χ2v) is 6.23. The van der Waals surface area contributed by atoms with Crippen LogP contribution in [-0.2, 0) is 24.3 Å². The lowest BCUT2D eigenvalue weighted by Gasteiger charge is -2.14. The van der Waals surface area contributed by atoms with Crippen LogP contribution in [0.3, 0.4) is 0 Å². The first kappa shape index (κ1) is 15.8. The molecule has 0 saturated heterocycles. The maximum absolute atomic E-state index is 12.1. The molecule has 23 heavy (non-hydrogen) atoms. The van der Waals surface area contributed by atoms with Gasteiger partial charge in [0.05, 0.1) is 6.10 Å². The molecule has 0 saturated carbocycles. The van der Waals surface area contributed by atoms with Gasteiger partial charge in [-0.3, -0.25) is 4.79 Å². The number of fused-ring (bicyclic) bond motifs is 1. The number of benzene rings is 2. The van der Waals surface area contributed by atoms with E-state index >= 15 is 0 Å². The molecule has 120 valence electrons. The van der Waals surface area contributed by atoms with Crippen LogP contribution >= 0.6 is 0 Å². The smallest absolute Gasteiger partial charge is 0.223 e. The Bertz CT molecular complexity index is 681. The second kappa shape index (κ2) is 6.97. The average molecular weight is 309 g/mol. The van der Waals surface area contributed by atoms with Gasteiger partial charge >= 0.3 is 0 Å². The molecule has 1 atom stereocenters. The number of carbonyl (C=O) groups is 1. The van der Waals surface area contributed by atoms with Crippen LogP contribution in [0.5, 0.6) is 0 Å². The first-order chi connectivity index (χ1) is 11.2.